The van der Waals surface area contributed by atoms with Gasteiger partial charge < -0.3 is 20.1 Å². The Morgan fingerprint density at radius 2 is 1.88 bits per heavy atom. The second-order valence-corrected chi connectivity index (χ2v) is 6.06. The first-order chi connectivity index (χ1) is 11.6. The van der Waals surface area contributed by atoms with Crippen molar-refractivity contribution in [3.05, 3.63) is 35.4 Å². The summed E-state index contributed by atoms with van der Waals surface area (Å²) in [6.45, 7) is 4.64. The Balaban J connectivity index is 1.94. The Hall–Kier alpha value is -1.92. The molecule has 132 valence electrons. The molecule has 1 fully saturated rings. The molecule has 0 aromatic heterocycles. The Morgan fingerprint density at radius 1 is 1.21 bits per heavy atom. The van der Waals surface area contributed by atoms with Crippen LogP contribution in [-0.4, -0.2) is 45.3 Å². The van der Waals surface area contributed by atoms with E-state index in [1.165, 1.54) is 0 Å². The lowest BCUT2D eigenvalue weighted by Crippen LogP contribution is -2.49. The molecule has 2 N–H and O–H groups in total. The summed E-state index contributed by atoms with van der Waals surface area (Å²) in [5.41, 5.74) is 1.00. The summed E-state index contributed by atoms with van der Waals surface area (Å²) in [6, 6.07) is 7.10. The van der Waals surface area contributed by atoms with Crippen LogP contribution in [0.15, 0.2) is 24.3 Å². The first-order valence-corrected chi connectivity index (χ1v) is 8.35. The van der Waals surface area contributed by atoms with Crippen LogP contribution in [0.1, 0.15) is 35.7 Å². The van der Waals surface area contributed by atoms with Gasteiger partial charge in [-0.3, -0.25) is 4.79 Å². The molecule has 0 aliphatic carbocycles. The predicted octanol–water partition coefficient (Wildman–Crippen LogP) is 1.50. The lowest BCUT2D eigenvalue weighted by Gasteiger charge is -2.35. The molecular formula is C18H26N2O4. The lowest BCUT2D eigenvalue weighted by atomic mass is 9.78. The largest absolute Gasteiger partial charge is 0.462 e. The number of hydrogen-bond donors (Lipinski definition) is 2. The molecule has 1 aromatic carbocycles. The topological polar surface area (TPSA) is 76.7 Å². The molecule has 0 unspecified atom stereocenters. The molecule has 2 rings (SSSR count). The van der Waals surface area contributed by atoms with Crippen LogP contribution in [0, 0.1) is 5.41 Å². The summed E-state index contributed by atoms with van der Waals surface area (Å²) in [6.07, 6.45) is 1.54. The molecule has 0 atom stereocenters. The van der Waals surface area contributed by atoms with Crippen molar-refractivity contribution in [2.24, 2.45) is 5.41 Å². The van der Waals surface area contributed by atoms with Gasteiger partial charge in [-0.2, -0.15) is 0 Å². The number of benzene rings is 1. The fourth-order valence-corrected chi connectivity index (χ4v) is 2.96. The second kappa shape index (κ2) is 8.80. The zero-order valence-corrected chi connectivity index (χ0v) is 14.4. The van der Waals surface area contributed by atoms with Gasteiger partial charge in [-0.15, -0.1) is 0 Å². The fourth-order valence-electron chi connectivity index (χ4n) is 2.96. The molecule has 1 aromatic rings. The molecule has 1 saturated heterocycles. The molecular weight excluding hydrogens is 308 g/mol. The van der Waals surface area contributed by atoms with Crippen LogP contribution in [0.3, 0.4) is 0 Å². The molecule has 6 nitrogen and oxygen atoms in total. The minimum atomic E-state index is -0.453. The highest BCUT2D eigenvalue weighted by Gasteiger charge is 2.39. The fraction of sp³-hybridized carbons (Fsp3) is 0.556. The quantitative estimate of drug-likeness (QED) is 0.739. The second-order valence-electron chi connectivity index (χ2n) is 6.06. The SMILES string of the molecule is CCOC(=O)c1ccc(CNC(=O)C2(COC)CCNCC2)cc1. The van der Waals surface area contributed by atoms with Crippen LogP contribution < -0.4 is 10.6 Å². The number of nitrogens with one attached hydrogen (secondary N) is 2. The van der Waals surface area contributed by atoms with E-state index in [0.717, 1.165) is 31.5 Å². The average molecular weight is 334 g/mol. The first-order valence-electron chi connectivity index (χ1n) is 8.35. The number of carbonyl (C=O) groups is 2. The van der Waals surface area contributed by atoms with Gasteiger partial charge in [-0.05, 0) is 50.6 Å². The molecule has 0 saturated carbocycles. The van der Waals surface area contributed by atoms with Gasteiger partial charge in [0.2, 0.25) is 5.91 Å². The zero-order valence-electron chi connectivity index (χ0n) is 14.4. The van der Waals surface area contributed by atoms with E-state index >= 15 is 0 Å². The van der Waals surface area contributed by atoms with Gasteiger partial charge >= 0.3 is 5.97 Å². The molecule has 0 radical (unpaired) electrons. The normalized spacial score (nSPS) is 16.4. The summed E-state index contributed by atoms with van der Waals surface area (Å²) in [7, 11) is 1.63. The van der Waals surface area contributed by atoms with Crippen molar-refractivity contribution >= 4 is 11.9 Å². The van der Waals surface area contributed by atoms with Crippen LogP contribution in [0.2, 0.25) is 0 Å². The zero-order chi connectivity index (χ0) is 17.4. The molecule has 0 bridgehead atoms. The monoisotopic (exact) mass is 334 g/mol. The lowest BCUT2D eigenvalue weighted by molar-refractivity contribution is -0.136. The number of hydrogen-bond acceptors (Lipinski definition) is 5. The highest BCUT2D eigenvalue weighted by Crippen LogP contribution is 2.29. The highest BCUT2D eigenvalue weighted by atomic mass is 16.5. The van der Waals surface area contributed by atoms with Crippen LogP contribution >= 0.6 is 0 Å². The van der Waals surface area contributed by atoms with E-state index in [2.05, 4.69) is 10.6 Å². The molecule has 24 heavy (non-hydrogen) atoms. The molecule has 6 heteroatoms. The molecule has 0 spiro atoms. The molecule has 1 aliphatic heterocycles. The number of esters is 1. The van der Waals surface area contributed by atoms with E-state index in [-0.39, 0.29) is 11.9 Å². The Bertz CT molecular complexity index is 545. The van der Waals surface area contributed by atoms with Crippen LogP contribution in [0.5, 0.6) is 0 Å². The van der Waals surface area contributed by atoms with Gasteiger partial charge in [-0.25, -0.2) is 4.79 Å². The van der Waals surface area contributed by atoms with Crippen LogP contribution in [-0.2, 0) is 20.8 Å². The summed E-state index contributed by atoms with van der Waals surface area (Å²) < 4.78 is 10.2. The molecule has 1 amide bonds. The van der Waals surface area contributed by atoms with E-state index in [9.17, 15) is 9.59 Å². The van der Waals surface area contributed by atoms with Crippen LogP contribution in [0.4, 0.5) is 0 Å². The summed E-state index contributed by atoms with van der Waals surface area (Å²) in [5, 5.41) is 6.28. The number of amides is 1. The standard InChI is InChI=1S/C18H26N2O4/c1-3-24-16(21)15-6-4-14(5-7-15)12-20-17(22)18(13-23-2)8-10-19-11-9-18/h4-7,19H,3,8-13H2,1-2H3,(H,20,22). The van der Waals surface area contributed by atoms with Crippen molar-refractivity contribution in [3.8, 4) is 0 Å². The van der Waals surface area contributed by atoms with Gasteiger partial charge in [0.25, 0.3) is 0 Å². The number of ether oxygens (including phenoxy) is 2. The first kappa shape index (κ1) is 18.4. The van der Waals surface area contributed by atoms with E-state index in [1.54, 1.807) is 26.2 Å². The minimum Gasteiger partial charge on any atom is -0.462 e. The average Bonchev–Trinajstić information content (AvgIpc) is 2.61. The summed E-state index contributed by atoms with van der Waals surface area (Å²) >= 11 is 0. The number of rotatable bonds is 7. The van der Waals surface area contributed by atoms with E-state index in [1.807, 2.05) is 12.1 Å². The third kappa shape index (κ3) is 4.55. The summed E-state index contributed by atoms with van der Waals surface area (Å²) in [4.78, 5) is 24.3. The van der Waals surface area contributed by atoms with E-state index < -0.39 is 5.41 Å². The van der Waals surface area contributed by atoms with Crippen molar-refractivity contribution in [3.63, 3.8) is 0 Å². The van der Waals surface area contributed by atoms with Crippen molar-refractivity contribution in [2.45, 2.75) is 26.3 Å². The van der Waals surface area contributed by atoms with Gasteiger partial charge in [0.1, 0.15) is 0 Å². The van der Waals surface area contributed by atoms with E-state index in [4.69, 9.17) is 9.47 Å². The Morgan fingerprint density at radius 3 is 2.46 bits per heavy atom. The number of piperidine rings is 1. The maximum Gasteiger partial charge on any atom is 0.338 e. The predicted molar refractivity (Wildman–Crippen MR) is 90.7 cm³/mol. The molecule has 1 heterocycles. The van der Waals surface area contributed by atoms with Crippen molar-refractivity contribution < 1.29 is 19.1 Å². The minimum absolute atomic E-state index is 0.0281. The van der Waals surface area contributed by atoms with Gasteiger partial charge in [0.15, 0.2) is 0 Å². The van der Waals surface area contributed by atoms with Gasteiger partial charge in [-0.1, -0.05) is 12.1 Å². The van der Waals surface area contributed by atoms with E-state index in [0.29, 0.717) is 25.3 Å². The maximum atomic E-state index is 12.7. The highest BCUT2D eigenvalue weighted by molar-refractivity contribution is 5.89. The Labute approximate surface area is 142 Å². The third-order valence-electron chi connectivity index (χ3n) is 4.38. The van der Waals surface area contributed by atoms with Gasteiger partial charge in [0, 0.05) is 13.7 Å². The number of methoxy groups -OCH3 is 1. The van der Waals surface area contributed by atoms with Crippen molar-refractivity contribution in [1.82, 2.24) is 10.6 Å². The van der Waals surface area contributed by atoms with Crippen molar-refractivity contribution in [2.75, 3.05) is 33.4 Å². The molecule has 1 aliphatic rings. The van der Waals surface area contributed by atoms with Gasteiger partial charge in [0.05, 0.1) is 24.2 Å². The number of carbonyl (C=O) groups excluding carboxylic acids is 2. The van der Waals surface area contributed by atoms with Crippen molar-refractivity contribution in [1.29, 1.82) is 0 Å². The maximum absolute atomic E-state index is 12.7. The smallest absolute Gasteiger partial charge is 0.338 e. The van der Waals surface area contributed by atoms with Crippen LogP contribution in [0.25, 0.3) is 0 Å². The third-order valence-corrected chi connectivity index (χ3v) is 4.38. The Kier molecular flexibility index (Phi) is 6.75. The summed E-state index contributed by atoms with van der Waals surface area (Å²) in [5.74, 6) is -0.304.